The molecule has 0 spiro atoms. The molecular weight excluding hydrogens is 179 g/mol. The molecule has 3 fully saturated rings. The molecular formula is C9H12ClFO. The van der Waals surface area contributed by atoms with Gasteiger partial charge in [0.25, 0.3) is 0 Å². The van der Waals surface area contributed by atoms with Crippen molar-refractivity contribution in [3.63, 3.8) is 0 Å². The second-order valence-corrected chi connectivity index (χ2v) is 5.01. The lowest BCUT2D eigenvalue weighted by Crippen LogP contribution is -2.45. The number of carbonyl (C=O) groups is 1. The average molecular weight is 191 g/mol. The van der Waals surface area contributed by atoms with Crippen LogP contribution < -0.4 is 0 Å². The largest absolute Gasteiger partial charge is 0.307 e. The number of carbonyl (C=O) groups excluding carboxylic acids is 1. The first-order valence-electron chi connectivity index (χ1n) is 4.45. The molecule has 0 heterocycles. The van der Waals surface area contributed by atoms with E-state index in [-0.39, 0.29) is 4.87 Å². The Hall–Kier alpha value is -0.110. The van der Waals surface area contributed by atoms with E-state index in [0.29, 0.717) is 19.3 Å². The number of fused-ring (bicyclic) bond motifs is 3. The molecule has 3 aliphatic rings. The van der Waals surface area contributed by atoms with Crippen LogP contribution in [-0.2, 0) is 4.79 Å². The summed E-state index contributed by atoms with van der Waals surface area (Å²) >= 11 is 6.23. The van der Waals surface area contributed by atoms with Crippen molar-refractivity contribution >= 4 is 17.6 Å². The molecule has 0 aromatic heterocycles. The molecule has 0 aliphatic heterocycles. The zero-order chi connectivity index (χ0) is 8.82. The average Bonchev–Trinajstić information content (AvgIpc) is 2.06. The Morgan fingerprint density at radius 1 is 1.08 bits per heavy atom. The van der Waals surface area contributed by atoms with Crippen LogP contribution in [0.25, 0.3) is 0 Å². The highest BCUT2D eigenvalue weighted by atomic mass is 35.5. The summed E-state index contributed by atoms with van der Waals surface area (Å²) in [7, 11) is 0. The molecule has 0 amide bonds. The zero-order valence-corrected chi connectivity index (χ0v) is 7.66. The van der Waals surface area contributed by atoms with Gasteiger partial charge in [-0.05, 0) is 38.5 Å². The summed E-state index contributed by atoms with van der Waals surface area (Å²) in [6.07, 6.45) is 4.40. The number of rotatable bonds is 1. The minimum atomic E-state index is -1.11. The van der Waals surface area contributed by atoms with Crippen molar-refractivity contribution < 1.29 is 9.18 Å². The minimum absolute atomic E-state index is 0.1000. The van der Waals surface area contributed by atoms with Crippen LogP contribution in [0.1, 0.15) is 38.5 Å². The van der Waals surface area contributed by atoms with Gasteiger partial charge in [-0.25, -0.2) is 0 Å². The summed E-state index contributed by atoms with van der Waals surface area (Å²) in [6.45, 7) is 0. The fourth-order valence-electron chi connectivity index (χ4n) is 2.43. The number of hydrogen-bond acceptors (Lipinski definition) is 1. The summed E-state index contributed by atoms with van der Waals surface area (Å²) in [5.41, 5.74) is -0.628. The Bertz CT molecular complexity index is 202. The Labute approximate surface area is 76.3 Å². The molecule has 3 saturated carbocycles. The van der Waals surface area contributed by atoms with Crippen LogP contribution in [0, 0.1) is 5.41 Å². The number of halogens is 2. The highest BCUT2D eigenvalue weighted by Gasteiger charge is 2.51. The summed E-state index contributed by atoms with van der Waals surface area (Å²) < 4.78 is 12.7. The maximum atomic E-state index is 12.7. The topological polar surface area (TPSA) is 17.1 Å². The molecule has 0 aromatic rings. The SMILES string of the molecule is O=C(F)C12CCC(Cl)(CC1)CC2. The van der Waals surface area contributed by atoms with Crippen LogP contribution in [0.4, 0.5) is 4.39 Å². The fraction of sp³-hybridized carbons (Fsp3) is 0.889. The van der Waals surface area contributed by atoms with Gasteiger partial charge in [-0.1, -0.05) is 0 Å². The van der Waals surface area contributed by atoms with E-state index in [4.69, 9.17) is 11.6 Å². The van der Waals surface area contributed by atoms with Crippen LogP contribution >= 0.6 is 11.6 Å². The van der Waals surface area contributed by atoms with Crippen molar-refractivity contribution in [2.45, 2.75) is 43.4 Å². The van der Waals surface area contributed by atoms with E-state index in [9.17, 15) is 9.18 Å². The van der Waals surface area contributed by atoms with E-state index < -0.39 is 11.5 Å². The van der Waals surface area contributed by atoms with Crippen LogP contribution in [0.5, 0.6) is 0 Å². The van der Waals surface area contributed by atoms with E-state index in [1.54, 1.807) is 0 Å². The molecule has 2 bridgehead atoms. The summed E-state index contributed by atoms with van der Waals surface area (Å²) in [4.78, 5) is 10.7. The van der Waals surface area contributed by atoms with Crippen molar-refractivity contribution in [2.75, 3.05) is 0 Å². The molecule has 0 N–H and O–H groups in total. The number of alkyl halides is 1. The molecule has 1 nitrogen and oxygen atoms in total. The van der Waals surface area contributed by atoms with E-state index in [1.807, 2.05) is 0 Å². The quantitative estimate of drug-likeness (QED) is 0.459. The predicted octanol–water partition coefficient (Wildman–Crippen LogP) is 2.81. The van der Waals surface area contributed by atoms with Gasteiger partial charge in [-0.15, -0.1) is 11.6 Å². The summed E-state index contributed by atoms with van der Waals surface area (Å²) in [6, 6.07) is -1.11. The molecule has 0 radical (unpaired) electrons. The molecule has 3 rings (SSSR count). The van der Waals surface area contributed by atoms with E-state index in [2.05, 4.69) is 0 Å². The maximum Gasteiger partial charge on any atom is 0.307 e. The van der Waals surface area contributed by atoms with Crippen LogP contribution in [-0.4, -0.2) is 10.9 Å². The second kappa shape index (κ2) is 2.44. The van der Waals surface area contributed by atoms with Gasteiger partial charge in [0.2, 0.25) is 0 Å². The number of hydrogen-bond donors (Lipinski definition) is 0. The first-order valence-corrected chi connectivity index (χ1v) is 4.83. The zero-order valence-electron chi connectivity index (χ0n) is 6.91. The third-order valence-corrected chi connectivity index (χ3v) is 4.14. The van der Waals surface area contributed by atoms with Crippen molar-refractivity contribution in [1.82, 2.24) is 0 Å². The molecule has 0 atom stereocenters. The van der Waals surface area contributed by atoms with Crippen LogP contribution in [0.2, 0.25) is 0 Å². The summed E-state index contributed by atoms with van der Waals surface area (Å²) in [5, 5.41) is 0. The smallest absolute Gasteiger partial charge is 0.261 e. The van der Waals surface area contributed by atoms with Gasteiger partial charge >= 0.3 is 6.04 Å². The first kappa shape index (κ1) is 8.49. The predicted molar refractivity (Wildman–Crippen MR) is 44.8 cm³/mol. The second-order valence-electron chi connectivity index (χ2n) is 4.20. The van der Waals surface area contributed by atoms with Gasteiger partial charge in [0.15, 0.2) is 0 Å². The van der Waals surface area contributed by atoms with Gasteiger partial charge in [0, 0.05) is 4.87 Å². The lowest BCUT2D eigenvalue weighted by atomic mass is 9.60. The minimum Gasteiger partial charge on any atom is -0.261 e. The monoisotopic (exact) mass is 190 g/mol. The lowest BCUT2D eigenvalue weighted by molar-refractivity contribution is -0.145. The van der Waals surface area contributed by atoms with Crippen LogP contribution in [0.3, 0.4) is 0 Å². The highest BCUT2D eigenvalue weighted by Crippen LogP contribution is 2.55. The van der Waals surface area contributed by atoms with E-state index in [1.165, 1.54) is 0 Å². The molecule has 0 saturated heterocycles. The van der Waals surface area contributed by atoms with Crippen molar-refractivity contribution in [3.8, 4) is 0 Å². The maximum absolute atomic E-state index is 12.7. The van der Waals surface area contributed by atoms with Crippen molar-refractivity contribution in [2.24, 2.45) is 5.41 Å². The van der Waals surface area contributed by atoms with Gasteiger partial charge in [0.05, 0.1) is 5.41 Å². The van der Waals surface area contributed by atoms with E-state index in [0.717, 1.165) is 19.3 Å². The van der Waals surface area contributed by atoms with Gasteiger partial charge in [-0.3, -0.25) is 4.79 Å². The van der Waals surface area contributed by atoms with Gasteiger partial charge in [-0.2, -0.15) is 4.39 Å². The molecule has 12 heavy (non-hydrogen) atoms. The van der Waals surface area contributed by atoms with Gasteiger partial charge in [0.1, 0.15) is 0 Å². The van der Waals surface area contributed by atoms with Gasteiger partial charge < -0.3 is 0 Å². The van der Waals surface area contributed by atoms with Crippen LogP contribution in [0.15, 0.2) is 0 Å². The third kappa shape index (κ3) is 1.08. The third-order valence-electron chi connectivity index (χ3n) is 3.57. The molecule has 3 heteroatoms. The molecule has 3 aliphatic carbocycles. The molecule has 0 unspecified atom stereocenters. The fourth-order valence-corrected chi connectivity index (χ4v) is 2.72. The van der Waals surface area contributed by atoms with Crippen molar-refractivity contribution in [1.29, 1.82) is 0 Å². The molecule has 68 valence electrons. The standard InChI is InChI=1S/C9H12ClFO/c10-9-4-1-8(2-5-9,3-6-9)7(11)12/h1-6H2. The Morgan fingerprint density at radius 3 is 1.83 bits per heavy atom. The molecule has 0 aromatic carbocycles. The van der Waals surface area contributed by atoms with E-state index >= 15 is 0 Å². The lowest BCUT2D eigenvalue weighted by Gasteiger charge is -2.47. The Morgan fingerprint density at radius 2 is 1.50 bits per heavy atom. The van der Waals surface area contributed by atoms with Crippen molar-refractivity contribution in [3.05, 3.63) is 0 Å². The first-order chi connectivity index (χ1) is 5.56. The Kier molecular flexibility index (Phi) is 1.73. The summed E-state index contributed by atoms with van der Waals surface area (Å²) in [5.74, 6) is 0. The Balaban J connectivity index is 2.20. The normalized spacial score (nSPS) is 46.2. The highest BCUT2D eigenvalue weighted by molar-refractivity contribution is 6.24.